The average molecular weight is 283 g/mol. The molecule has 1 aliphatic heterocycles. The van der Waals surface area contributed by atoms with Crippen molar-refractivity contribution in [2.45, 2.75) is 23.8 Å². The van der Waals surface area contributed by atoms with Crippen molar-refractivity contribution in [3.63, 3.8) is 0 Å². The van der Waals surface area contributed by atoms with Crippen LogP contribution in [0, 0.1) is 0 Å². The van der Waals surface area contributed by atoms with E-state index in [1.165, 1.54) is 28.6 Å². The molecule has 0 atom stereocenters. The molecule has 5 nitrogen and oxygen atoms in total. The third kappa shape index (κ3) is 3.02. The zero-order valence-corrected chi connectivity index (χ0v) is 11.6. The number of hydrogen-bond donors (Lipinski definition) is 0. The van der Waals surface area contributed by atoms with Gasteiger partial charge >= 0.3 is 0 Å². The molecule has 19 heavy (non-hydrogen) atoms. The van der Waals surface area contributed by atoms with Crippen LogP contribution in [0.5, 0.6) is 0 Å². The van der Waals surface area contributed by atoms with Crippen LogP contribution in [0.4, 0.5) is 0 Å². The Morgan fingerprint density at radius 1 is 1.21 bits per heavy atom. The van der Waals surface area contributed by atoms with Gasteiger partial charge in [0.15, 0.2) is 0 Å². The molecule has 6 heteroatoms. The van der Waals surface area contributed by atoms with Gasteiger partial charge in [0.05, 0.1) is 11.0 Å². The minimum atomic E-state index is -3.46. The summed E-state index contributed by atoms with van der Waals surface area (Å²) in [5, 5.41) is 0. The van der Waals surface area contributed by atoms with Gasteiger partial charge in [-0.15, -0.1) is 0 Å². The first-order chi connectivity index (χ1) is 9.07. The Morgan fingerprint density at radius 3 is 2.26 bits per heavy atom. The van der Waals surface area contributed by atoms with Gasteiger partial charge in [-0.2, -0.15) is 4.31 Å². The predicted octanol–water partition coefficient (Wildman–Crippen LogP) is 1.30. The molecule has 104 valence electrons. The van der Waals surface area contributed by atoms with Gasteiger partial charge in [-0.05, 0) is 25.0 Å². The molecule has 0 saturated carbocycles. The van der Waals surface area contributed by atoms with Crippen molar-refractivity contribution in [1.82, 2.24) is 4.31 Å². The van der Waals surface area contributed by atoms with Gasteiger partial charge in [-0.1, -0.05) is 12.1 Å². The Hall–Kier alpha value is -1.24. The summed E-state index contributed by atoms with van der Waals surface area (Å²) < 4.78 is 31.5. The Kier molecular flexibility index (Phi) is 4.34. The first kappa shape index (κ1) is 14.2. The summed E-state index contributed by atoms with van der Waals surface area (Å²) in [7, 11) is -1.81. The molecule has 0 N–H and O–H groups in total. The van der Waals surface area contributed by atoms with E-state index in [0.717, 1.165) is 0 Å². The number of benzene rings is 1. The van der Waals surface area contributed by atoms with Crippen LogP contribution in [0.3, 0.4) is 0 Å². The highest BCUT2D eigenvalue weighted by atomic mass is 32.2. The second-order valence-electron chi connectivity index (χ2n) is 4.53. The molecule has 1 aromatic carbocycles. The zero-order valence-electron chi connectivity index (χ0n) is 10.8. The molecular formula is C13H17NO4S. The van der Waals surface area contributed by atoms with Crippen LogP contribution in [0.2, 0.25) is 0 Å². The summed E-state index contributed by atoms with van der Waals surface area (Å²) in [6.07, 6.45) is 2.26. The summed E-state index contributed by atoms with van der Waals surface area (Å²) in [6, 6.07) is 5.98. The minimum absolute atomic E-state index is 0.142. The summed E-state index contributed by atoms with van der Waals surface area (Å²) >= 11 is 0. The smallest absolute Gasteiger partial charge is 0.243 e. The Labute approximate surface area is 113 Å². The second-order valence-corrected chi connectivity index (χ2v) is 6.46. The highest BCUT2D eigenvalue weighted by Gasteiger charge is 2.29. The Morgan fingerprint density at radius 2 is 1.79 bits per heavy atom. The van der Waals surface area contributed by atoms with Crippen LogP contribution >= 0.6 is 0 Å². The molecule has 1 heterocycles. The number of ether oxygens (including phenoxy) is 1. The van der Waals surface area contributed by atoms with E-state index in [9.17, 15) is 13.2 Å². The van der Waals surface area contributed by atoms with E-state index < -0.39 is 10.0 Å². The van der Waals surface area contributed by atoms with Gasteiger partial charge in [-0.3, -0.25) is 4.79 Å². The summed E-state index contributed by atoms with van der Waals surface area (Å²) in [4.78, 5) is 10.8. The third-order valence-electron chi connectivity index (χ3n) is 3.39. The molecule has 0 aliphatic carbocycles. The fourth-order valence-corrected chi connectivity index (χ4v) is 3.65. The minimum Gasteiger partial charge on any atom is -0.381 e. The number of aldehydes is 1. The van der Waals surface area contributed by atoms with E-state index >= 15 is 0 Å². The largest absolute Gasteiger partial charge is 0.381 e. The van der Waals surface area contributed by atoms with E-state index in [4.69, 9.17) is 4.74 Å². The quantitative estimate of drug-likeness (QED) is 0.781. The predicted molar refractivity (Wildman–Crippen MR) is 70.6 cm³/mol. The lowest BCUT2D eigenvalue weighted by Crippen LogP contribution is -2.40. The molecule has 0 amide bonds. The van der Waals surface area contributed by atoms with E-state index in [1.54, 1.807) is 7.11 Å². The Balaban J connectivity index is 2.15. The highest BCUT2D eigenvalue weighted by molar-refractivity contribution is 7.89. The molecular weight excluding hydrogens is 266 g/mol. The van der Waals surface area contributed by atoms with Crippen molar-refractivity contribution in [2.75, 3.05) is 20.2 Å². The van der Waals surface area contributed by atoms with E-state index in [2.05, 4.69) is 0 Å². The van der Waals surface area contributed by atoms with E-state index in [0.29, 0.717) is 37.8 Å². The molecule has 0 spiro atoms. The maximum Gasteiger partial charge on any atom is 0.243 e. The average Bonchev–Trinajstić information content (AvgIpc) is 2.47. The van der Waals surface area contributed by atoms with Crippen molar-refractivity contribution in [2.24, 2.45) is 0 Å². The van der Waals surface area contributed by atoms with Crippen LogP contribution in [0.1, 0.15) is 23.2 Å². The molecule has 0 bridgehead atoms. The van der Waals surface area contributed by atoms with E-state index in [-0.39, 0.29) is 11.0 Å². The van der Waals surface area contributed by atoms with Crippen molar-refractivity contribution >= 4 is 16.3 Å². The monoisotopic (exact) mass is 283 g/mol. The van der Waals surface area contributed by atoms with Crippen LogP contribution in [0.15, 0.2) is 29.2 Å². The van der Waals surface area contributed by atoms with Gasteiger partial charge in [0.25, 0.3) is 0 Å². The first-order valence-electron chi connectivity index (χ1n) is 6.16. The number of methoxy groups -OCH3 is 1. The summed E-state index contributed by atoms with van der Waals surface area (Å²) in [6.45, 7) is 0.937. The van der Waals surface area contributed by atoms with Crippen molar-refractivity contribution < 1.29 is 17.9 Å². The second kappa shape index (κ2) is 5.81. The lowest BCUT2D eigenvalue weighted by Gasteiger charge is -2.30. The number of piperidine rings is 1. The molecule has 0 aromatic heterocycles. The molecule has 1 aromatic rings. The maximum absolute atomic E-state index is 12.4. The highest BCUT2D eigenvalue weighted by Crippen LogP contribution is 2.21. The zero-order chi connectivity index (χ0) is 13.9. The van der Waals surface area contributed by atoms with Crippen molar-refractivity contribution in [1.29, 1.82) is 0 Å². The normalized spacial score (nSPS) is 18.4. The fourth-order valence-electron chi connectivity index (χ4n) is 2.18. The van der Waals surface area contributed by atoms with Gasteiger partial charge < -0.3 is 4.74 Å². The van der Waals surface area contributed by atoms with Crippen LogP contribution in [-0.4, -0.2) is 45.3 Å². The molecule has 0 unspecified atom stereocenters. The number of sulfonamides is 1. The lowest BCUT2D eigenvalue weighted by molar-refractivity contribution is 0.0604. The van der Waals surface area contributed by atoms with Gasteiger partial charge in [0, 0.05) is 25.8 Å². The van der Waals surface area contributed by atoms with Gasteiger partial charge in [0.2, 0.25) is 10.0 Å². The number of rotatable bonds is 4. The lowest BCUT2D eigenvalue weighted by atomic mass is 10.1. The Bertz CT molecular complexity index is 530. The molecule has 2 rings (SSSR count). The third-order valence-corrected chi connectivity index (χ3v) is 5.30. The SMILES string of the molecule is COC1CCN(S(=O)(=O)c2ccc(C=O)cc2)CC1. The molecule has 1 fully saturated rings. The maximum atomic E-state index is 12.4. The standard InChI is InChI=1S/C13H17NO4S/c1-18-12-6-8-14(9-7-12)19(16,17)13-4-2-11(10-15)3-5-13/h2-5,10,12H,6-9H2,1H3. The van der Waals surface area contributed by atoms with Crippen molar-refractivity contribution in [3.8, 4) is 0 Å². The van der Waals surface area contributed by atoms with E-state index in [1.807, 2.05) is 0 Å². The van der Waals surface area contributed by atoms with Crippen LogP contribution < -0.4 is 0 Å². The molecule has 0 radical (unpaired) electrons. The van der Waals surface area contributed by atoms with Crippen molar-refractivity contribution in [3.05, 3.63) is 29.8 Å². The van der Waals surface area contributed by atoms with Gasteiger partial charge in [-0.25, -0.2) is 8.42 Å². The molecule has 1 saturated heterocycles. The fraction of sp³-hybridized carbons (Fsp3) is 0.462. The topological polar surface area (TPSA) is 63.7 Å². The van der Waals surface area contributed by atoms with Gasteiger partial charge in [0.1, 0.15) is 6.29 Å². The number of nitrogens with zero attached hydrogens (tertiary/aromatic N) is 1. The molecule has 1 aliphatic rings. The summed E-state index contributed by atoms with van der Waals surface area (Å²) in [5.41, 5.74) is 0.469. The van der Waals surface area contributed by atoms with Crippen LogP contribution in [-0.2, 0) is 14.8 Å². The number of hydrogen-bond acceptors (Lipinski definition) is 4. The number of carbonyl (C=O) groups is 1. The number of carbonyl (C=O) groups excluding carboxylic acids is 1. The first-order valence-corrected chi connectivity index (χ1v) is 7.60. The summed E-state index contributed by atoms with van der Waals surface area (Å²) in [5.74, 6) is 0. The van der Waals surface area contributed by atoms with Crippen LogP contribution in [0.25, 0.3) is 0 Å².